The summed E-state index contributed by atoms with van der Waals surface area (Å²) in [6.45, 7) is 2.00. The standard InChI is InChI=1S/C10H21NO3/c1-2-3-4-7-5-9(13)10(14)8(6-12)11-7/h7-14H,2-6H2,1H3/t7-,8?,9?,10-/m1/s1. The number of hydrogen-bond acceptors (Lipinski definition) is 4. The summed E-state index contributed by atoms with van der Waals surface area (Å²) >= 11 is 0. The molecule has 0 aromatic carbocycles. The summed E-state index contributed by atoms with van der Waals surface area (Å²) in [5.41, 5.74) is 0. The minimum atomic E-state index is -0.835. The summed E-state index contributed by atoms with van der Waals surface area (Å²) in [6.07, 6.45) is 2.28. The highest BCUT2D eigenvalue weighted by Crippen LogP contribution is 2.18. The molecule has 84 valence electrons. The second-order valence-electron chi connectivity index (χ2n) is 4.09. The van der Waals surface area contributed by atoms with Crippen LogP contribution in [0, 0.1) is 0 Å². The van der Waals surface area contributed by atoms with Crippen molar-refractivity contribution in [1.82, 2.24) is 5.32 Å². The highest BCUT2D eigenvalue weighted by Gasteiger charge is 2.34. The molecular formula is C10H21NO3. The number of unbranched alkanes of at least 4 members (excludes halogenated alkanes) is 1. The van der Waals surface area contributed by atoms with Crippen LogP contribution in [0.3, 0.4) is 0 Å². The first-order chi connectivity index (χ1) is 6.69. The smallest absolute Gasteiger partial charge is 0.0974 e. The minimum Gasteiger partial charge on any atom is -0.395 e. The molecule has 0 radical (unpaired) electrons. The lowest BCUT2D eigenvalue weighted by Gasteiger charge is -2.37. The highest BCUT2D eigenvalue weighted by atomic mass is 16.3. The van der Waals surface area contributed by atoms with E-state index < -0.39 is 12.2 Å². The monoisotopic (exact) mass is 203 g/mol. The van der Waals surface area contributed by atoms with Crippen molar-refractivity contribution in [3.05, 3.63) is 0 Å². The molecule has 0 spiro atoms. The van der Waals surface area contributed by atoms with E-state index in [-0.39, 0.29) is 18.7 Å². The Balaban J connectivity index is 2.41. The molecule has 2 unspecified atom stereocenters. The molecule has 1 saturated heterocycles. The Kier molecular flexibility index (Phi) is 4.81. The number of rotatable bonds is 4. The van der Waals surface area contributed by atoms with Gasteiger partial charge < -0.3 is 20.6 Å². The van der Waals surface area contributed by atoms with Crippen LogP contribution in [0.5, 0.6) is 0 Å². The number of nitrogens with one attached hydrogen (secondary N) is 1. The highest BCUT2D eigenvalue weighted by molar-refractivity contribution is 4.91. The fourth-order valence-electron chi connectivity index (χ4n) is 1.98. The van der Waals surface area contributed by atoms with Crippen molar-refractivity contribution in [1.29, 1.82) is 0 Å². The molecule has 1 aliphatic rings. The molecule has 4 nitrogen and oxygen atoms in total. The van der Waals surface area contributed by atoms with Crippen LogP contribution in [0.25, 0.3) is 0 Å². The molecule has 0 saturated carbocycles. The first-order valence-corrected chi connectivity index (χ1v) is 5.42. The van der Waals surface area contributed by atoms with Crippen LogP contribution in [0.1, 0.15) is 32.6 Å². The van der Waals surface area contributed by atoms with Gasteiger partial charge in [-0.25, -0.2) is 0 Å². The van der Waals surface area contributed by atoms with Gasteiger partial charge in [-0.2, -0.15) is 0 Å². The quantitative estimate of drug-likeness (QED) is 0.502. The number of aliphatic hydroxyl groups is 3. The SMILES string of the molecule is CCCC[C@@H]1CC(O)[C@H](O)C(CO)N1. The first kappa shape index (κ1) is 11.9. The Labute approximate surface area is 85.0 Å². The molecule has 0 aromatic heterocycles. The Hall–Kier alpha value is -0.160. The van der Waals surface area contributed by atoms with Crippen molar-refractivity contribution in [3.8, 4) is 0 Å². The molecule has 4 atom stereocenters. The van der Waals surface area contributed by atoms with E-state index in [4.69, 9.17) is 5.11 Å². The Morgan fingerprint density at radius 3 is 2.64 bits per heavy atom. The Bertz CT molecular complexity index is 165. The lowest BCUT2D eigenvalue weighted by molar-refractivity contribution is -0.0518. The summed E-state index contributed by atoms with van der Waals surface area (Å²) in [6, 6.07) is -0.147. The van der Waals surface area contributed by atoms with Crippen molar-refractivity contribution in [2.75, 3.05) is 6.61 Å². The lowest BCUT2D eigenvalue weighted by atomic mass is 9.91. The molecule has 4 N–H and O–H groups in total. The van der Waals surface area contributed by atoms with Gasteiger partial charge in [0.05, 0.1) is 24.9 Å². The topological polar surface area (TPSA) is 72.7 Å². The van der Waals surface area contributed by atoms with E-state index >= 15 is 0 Å². The number of piperidine rings is 1. The normalized spacial score (nSPS) is 38.6. The van der Waals surface area contributed by atoms with Gasteiger partial charge in [0, 0.05) is 6.04 Å². The van der Waals surface area contributed by atoms with Gasteiger partial charge in [0.2, 0.25) is 0 Å². The Morgan fingerprint density at radius 2 is 2.07 bits per heavy atom. The van der Waals surface area contributed by atoms with E-state index in [1.807, 2.05) is 0 Å². The van der Waals surface area contributed by atoms with E-state index in [1.165, 1.54) is 0 Å². The van der Waals surface area contributed by atoms with Crippen molar-refractivity contribution in [3.63, 3.8) is 0 Å². The molecule has 0 bridgehead atoms. The van der Waals surface area contributed by atoms with Crippen LogP contribution in [-0.4, -0.2) is 46.2 Å². The van der Waals surface area contributed by atoms with E-state index in [2.05, 4.69) is 12.2 Å². The number of hydrogen-bond donors (Lipinski definition) is 4. The van der Waals surface area contributed by atoms with Gasteiger partial charge in [-0.3, -0.25) is 0 Å². The molecule has 14 heavy (non-hydrogen) atoms. The minimum absolute atomic E-state index is 0.124. The largest absolute Gasteiger partial charge is 0.395 e. The molecule has 4 heteroatoms. The maximum atomic E-state index is 9.55. The van der Waals surface area contributed by atoms with E-state index in [0.717, 1.165) is 19.3 Å². The predicted octanol–water partition coefficient (Wildman–Crippen LogP) is -0.379. The van der Waals surface area contributed by atoms with Gasteiger partial charge in [0.25, 0.3) is 0 Å². The zero-order valence-corrected chi connectivity index (χ0v) is 8.69. The zero-order valence-electron chi connectivity index (χ0n) is 8.69. The number of aliphatic hydroxyl groups excluding tert-OH is 3. The third kappa shape index (κ3) is 2.92. The van der Waals surface area contributed by atoms with Gasteiger partial charge in [-0.15, -0.1) is 0 Å². The van der Waals surface area contributed by atoms with Crippen molar-refractivity contribution in [2.24, 2.45) is 0 Å². The van der Waals surface area contributed by atoms with Gasteiger partial charge in [0.1, 0.15) is 0 Å². The molecule has 1 heterocycles. The average Bonchev–Trinajstić information content (AvgIpc) is 2.19. The van der Waals surface area contributed by atoms with Crippen LogP contribution in [0.2, 0.25) is 0 Å². The van der Waals surface area contributed by atoms with E-state index in [9.17, 15) is 10.2 Å². The van der Waals surface area contributed by atoms with E-state index in [0.29, 0.717) is 6.42 Å². The van der Waals surface area contributed by atoms with Crippen LogP contribution >= 0.6 is 0 Å². The molecule has 1 rings (SSSR count). The van der Waals surface area contributed by atoms with Gasteiger partial charge in [0.15, 0.2) is 0 Å². The summed E-state index contributed by atoms with van der Waals surface area (Å²) in [4.78, 5) is 0. The summed E-state index contributed by atoms with van der Waals surface area (Å²) in [5.74, 6) is 0. The summed E-state index contributed by atoms with van der Waals surface area (Å²) < 4.78 is 0. The van der Waals surface area contributed by atoms with Crippen molar-refractivity contribution < 1.29 is 15.3 Å². The van der Waals surface area contributed by atoms with Gasteiger partial charge >= 0.3 is 0 Å². The molecular weight excluding hydrogens is 182 g/mol. The third-order valence-electron chi connectivity index (χ3n) is 2.89. The molecule has 0 aromatic rings. The maximum Gasteiger partial charge on any atom is 0.0974 e. The summed E-state index contributed by atoms with van der Waals surface area (Å²) in [5, 5.41) is 31.2. The fourth-order valence-corrected chi connectivity index (χ4v) is 1.98. The van der Waals surface area contributed by atoms with Crippen LogP contribution in [0.15, 0.2) is 0 Å². The average molecular weight is 203 g/mol. The fraction of sp³-hybridized carbons (Fsp3) is 1.00. The predicted molar refractivity (Wildman–Crippen MR) is 54.0 cm³/mol. The van der Waals surface area contributed by atoms with Crippen molar-refractivity contribution in [2.45, 2.75) is 56.9 Å². The van der Waals surface area contributed by atoms with E-state index in [1.54, 1.807) is 0 Å². The maximum absolute atomic E-state index is 9.55. The third-order valence-corrected chi connectivity index (χ3v) is 2.89. The van der Waals surface area contributed by atoms with Crippen LogP contribution in [0.4, 0.5) is 0 Å². The van der Waals surface area contributed by atoms with Crippen LogP contribution < -0.4 is 5.32 Å². The summed E-state index contributed by atoms with van der Waals surface area (Å²) in [7, 11) is 0. The van der Waals surface area contributed by atoms with Crippen molar-refractivity contribution >= 4 is 0 Å². The lowest BCUT2D eigenvalue weighted by Crippen LogP contribution is -2.58. The molecule has 0 aliphatic carbocycles. The second-order valence-corrected chi connectivity index (χ2v) is 4.09. The molecule has 1 aliphatic heterocycles. The van der Waals surface area contributed by atoms with Gasteiger partial charge in [-0.1, -0.05) is 19.8 Å². The Morgan fingerprint density at radius 1 is 1.36 bits per heavy atom. The second kappa shape index (κ2) is 5.66. The molecule has 0 amide bonds. The van der Waals surface area contributed by atoms with Gasteiger partial charge in [-0.05, 0) is 12.8 Å². The van der Waals surface area contributed by atoms with Crippen LogP contribution in [-0.2, 0) is 0 Å². The molecule has 1 fully saturated rings. The zero-order chi connectivity index (χ0) is 10.6. The first-order valence-electron chi connectivity index (χ1n) is 5.42.